The van der Waals surface area contributed by atoms with Gasteiger partial charge in [0.25, 0.3) is 0 Å². The predicted octanol–water partition coefficient (Wildman–Crippen LogP) is -1.27. The van der Waals surface area contributed by atoms with Crippen LogP contribution in [0, 0.1) is 0 Å². The number of carbonyl (C=O) groups is 1. The lowest BCUT2D eigenvalue weighted by Gasteiger charge is -2.37. The van der Waals surface area contributed by atoms with E-state index in [1.807, 2.05) is 0 Å². The molecule has 0 saturated carbocycles. The number of aliphatic hydroxyl groups is 1. The Morgan fingerprint density at radius 1 is 1.53 bits per heavy atom. The topological polar surface area (TPSA) is 55.8 Å². The number of carbonyl (C=O) groups excluding carboxylic acids is 1. The maximum atomic E-state index is 11.4. The van der Waals surface area contributed by atoms with Crippen LogP contribution in [0.25, 0.3) is 0 Å². The Morgan fingerprint density at radius 3 is 2.87 bits per heavy atom. The van der Waals surface area contributed by atoms with Gasteiger partial charge in [-0.3, -0.25) is 9.69 Å². The molecule has 1 aliphatic rings. The van der Waals surface area contributed by atoms with E-state index >= 15 is 0 Å². The molecule has 1 heterocycles. The molecule has 1 amide bonds. The zero-order chi connectivity index (χ0) is 11.3. The molecule has 0 bridgehead atoms. The van der Waals surface area contributed by atoms with Crippen molar-refractivity contribution in [2.45, 2.75) is 13.0 Å². The fraction of sp³-hybridized carbons (Fsp3) is 0.900. The van der Waals surface area contributed by atoms with E-state index in [4.69, 9.17) is 5.11 Å². The van der Waals surface area contributed by atoms with Gasteiger partial charge in [-0.1, -0.05) is 0 Å². The van der Waals surface area contributed by atoms with Crippen LogP contribution in [0.2, 0.25) is 0 Å². The first-order valence-electron chi connectivity index (χ1n) is 5.43. The van der Waals surface area contributed by atoms with E-state index in [0.29, 0.717) is 19.1 Å². The van der Waals surface area contributed by atoms with Gasteiger partial charge in [-0.15, -0.1) is 0 Å². The summed E-state index contributed by atoms with van der Waals surface area (Å²) in [5.41, 5.74) is 0. The van der Waals surface area contributed by atoms with Gasteiger partial charge in [0.1, 0.15) is 0 Å². The average molecular weight is 215 g/mol. The summed E-state index contributed by atoms with van der Waals surface area (Å²) in [7, 11) is 2.10. The van der Waals surface area contributed by atoms with E-state index in [0.717, 1.165) is 19.6 Å². The Balaban J connectivity index is 2.24. The van der Waals surface area contributed by atoms with E-state index in [-0.39, 0.29) is 12.5 Å². The molecule has 0 aromatic rings. The van der Waals surface area contributed by atoms with Crippen molar-refractivity contribution >= 4 is 5.91 Å². The highest BCUT2D eigenvalue weighted by Gasteiger charge is 2.21. The van der Waals surface area contributed by atoms with Crippen LogP contribution in [-0.4, -0.2) is 73.2 Å². The van der Waals surface area contributed by atoms with Crippen molar-refractivity contribution in [3.8, 4) is 0 Å². The third-order valence-corrected chi connectivity index (χ3v) is 2.84. The van der Waals surface area contributed by atoms with Gasteiger partial charge < -0.3 is 15.3 Å². The third kappa shape index (κ3) is 4.15. The lowest BCUT2D eigenvalue weighted by molar-refractivity contribution is -0.123. The molecule has 0 aromatic carbocycles. The van der Waals surface area contributed by atoms with Gasteiger partial charge in [0, 0.05) is 32.2 Å². The van der Waals surface area contributed by atoms with Crippen molar-refractivity contribution in [2.24, 2.45) is 0 Å². The minimum atomic E-state index is 0.000744. The van der Waals surface area contributed by atoms with Crippen LogP contribution >= 0.6 is 0 Å². The van der Waals surface area contributed by atoms with Crippen LogP contribution in [-0.2, 0) is 4.79 Å². The molecule has 1 atom stereocenters. The summed E-state index contributed by atoms with van der Waals surface area (Å²) >= 11 is 0. The normalized spacial score (nSPS) is 24.1. The number of nitrogens with zero attached hydrogens (tertiary/aromatic N) is 2. The Hall–Kier alpha value is -0.650. The highest BCUT2D eigenvalue weighted by Crippen LogP contribution is 2.05. The molecule has 0 radical (unpaired) electrons. The molecule has 1 unspecified atom stereocenters. The number of amides is 1. The molecule has 1 aliphatic heterocycles. The molecule has 1 saturated heterocycles. The Labute approximate surface area is 91.0 Å². The summed E-state index contributed by atoms with van der Waals surface area (Å²) in [6.07, 6.45) is 0. The first-order valence-corrected chi connectivity index (χ1v) is 5.43. The second kappa shape index (κ2) is 6.05. The number of aliphatic hydroxyl groups excluding tert-OH is 1. The van der Waals surface area contributed by atoms with Crippen molar-refractivity contribution in [2.75, 3.05) is 46.4 Å². The van der Waals surface area contributed by atoms with Crippen LogP contribution in [0.1, 0.15) is 6.92 Å². The second-order valence-corrected chi connectivity index (χ2v) is 4.14. The number of rotatable bonds is 4. The summed E-state index contributed by atoms with van der Waals surface area (Å²) in [6.45, 7) is 5.84. The fourth-order valence-electron chi connectivity index (χ4n) is 1.72. The lowest BCUT2D eigenvalue weighted by Crippen LogP contribution is -2.52. The van der Waals surface area contributed by atoms with Gasteiger partial charge >= 0.3 is 0 Å². The molecular formula is C10H21N3O2. The van der Waals surface area contributed by atoms with Gasteiger partial charge in [-0.2, -0.15) is 0 Å². The molecule has 5 nitrogen and oxygen atoms in total. The van der Waals surface area contributed by atoms with E-state index < -0.39 is 0 Å². The molecular weight excluding hydrogens is 194 g/mol. The van der Waals surface area contributed by atoms with Crippen molar-refractivity contribution in [3.63, 3.8) is 0 Å². The molecule has 88 valence electrons. The minimum Gasteiger partial charge on any atom is -0.395 e. The standard InChI is InChI=1S/C10H21N3O2/c1-9-7-13(5-4-12(9)2)8-10(15)11-3-6-14/h9,14H,3-8H2,1-2H3,(H,11,15). The number of piperazine rings is 1. The summed E-state index contributed by atoms with van der Waals surface area (Å²) in [5.74, 6) is 0.000744. The average Bonchev–Trinajstić information content (AvgIpc) is 2.20. The van der Waals surface area contributed by atoms with Crippen LogP contribution in [0.15, 0.2) is 0 Å². The van der Waals surface area contributed by atoms with Crippen LogP contribution < -0.4 is 5.32 Å². The van der Waals surface area contributed by atoms with Gasteiger partial charge in [-0.05, 0) is 14.0 Å². The number of hydrogen-bond donors (Lipinski definition) is 2. The molecule has 0 aromatic heterocycles. The third-order valence-electron chi connectivity index (χ3n) is 2.84. The summed E-state index contributed by atoms with van der Waals surface area (Å²) in [6, 6.07) is 0.504. The van der Waals surface area contributed by atoms with E-state index in [1.165, 1.54) is 0 Å². The zero-order valence-corrected chi connectivity index (χ0v) is 9.57. The van der Waals surface area contributed by atoms with Crippen LogP contribution in [0.5, 0.6) is 0 Å². The minimum absolute atomic E-state index is 0.000744. The zero-order valence-electron chi connectivity index (χ0n) is 9.57. The molecule has 0 spiro atoms. The van der Waals surface area contributed by atoms with E-state index in [1.54, 1.807) is 0 Å². The Morgan fingerprint density at radius 2 is 2.27 bits per heavy atom. The summed E-state index contributed by atoms with van der Waals surface area (Å²) in [5, 5.41) is 11.2. The van der Waals surface area contributed by atoms with Gasteiger partial charge in [0.15, 0.2) is 0 Å². The number of hydrogen-bond acceptors (Lipinski definition) is 4. The fourth-order valence-corrected chi connectivity index (χ4v) is 1.72. The van der Waals surface area contributed by atoms with Gasteiger partial charge in [0.2, 0.25) is 5.91 Å². The number of nitrogens with one attached hydrogen (secondary N) is 1. The van der Waals surface area contributed by atoms with E-state index in [9.17, 15) is 4.79 Å². The highest BCUT2D eigenvalue weighted by molar-refractivity contribution is 5.77. The quantitative estimate of drug-likeness (QED) is 0.614. The second-order valence-electron chi connectivity index (χ2n) is 4.14. The molecule has 1 rings (SSSR count). The predicted molar refractivity (Wildman–Crippen MR) is 58.6 cm³/mol. The summed E-state index contributed by atoms with van der Waals surface area (Å²) < 4.78 is 0. The first-order chi connectivity index (χ1) is 7.13. The van der Waals surface area contributed by atoms with Gasteiger partial charge in [-0.25, -0.2) is 0 Å². The highest BCUT2D eigenvalue weighted by atomic mass is 16.3. The summed E-state index contributed by atoms with van der Waals surface area (Å²) in [4.78, 5) is 15.8. The number of likely N-dealkylation sites (N-methyl/N-ethyl adjacent to an activating group) is 1. The van der Waals surface area contributed by atoms with Crippen molar-refractivity contribution in [1.82, 2.24) is 15.1 Å². The van der Waals surface area contributed by atoms with Crippen LogP contribution in [0.3, 0.4) is 0 Å². The van der Waals surface area contributed by atoms with Crippen molar-refractivity contribution in [1.29, 1.82) is 0 Å². The monoisotopic (exact) mass is 215 g/mol. The molecule has 2 N–H and O–H groups in total. The maximum absolute atomic E-state index is 11.4. The molecule has 5 heteroatoms. The lowest BCUT2D eigenvalue weighted by atomic mass is 10.2. The van der Waals surface area contributed by atoms with Crippen LogP contribution in [0.4, 0.5) is 0 Å². The van der Waals surface area contributed by atoms with Gasteiger partial charge in [0.05, 0.1) is 13.2 Å². The Bertz CT molecular complexity index is 211. The largest absolute Gasteiger partial charge is 0.395 e. The molecule has 0 aliphatic carbocycles. The smallest absolute Gasteiger partial charge is 0.234 e. The SMILES string of the molecule is CC1CN(CC(=O)NCCO)CCN1C. The molecule has 15 heavy (non-hydrogen) atoms. The first kappa shape index (κ1) is 12.4. The van der Waals surface area contributed by atoms with E-state index in [2.05, 4.69) is 29.1 Å². The van der Waals surface area contributed by atoms with Crippen molar-refractivity contribution in [3.05, 3.63) is 0 Å². The Kier molecular flexibility index (Phi) is 5.01. The maximum Gasteiger partial charge on any atom is 0.234 e. The molecule has 1 fully saturated rings. The van der Waals surface area contributed by atoms with Crippen molar-refractivity contribution < 1.29 is 9.90 Å².